The largest absolute Gasteiger partial charge is 0.299 e. The minimum Gasteiger partial charge on any atom is -0.299 e. The van der Waals surface area contributed by atoms with Crippen LogP contribution in [0.25, 0.3) is 0 Å². The molecule has 0 amide bonds. The molecular formula is C22H24N6S2. The van der Waals surface area contributed by atoms with E-state index in [0.29, 0.717) is 17.6 Å². The van der Waals surface area contributed by atoms with Gasteiger partial charge in [0.15, 0.2) is 0 Å². The molecule has 1 atom stereocenters. The lowest BCUT2D eigenvalue weighted by atomic mass is 10.1. The van der Waals surface area contributed by atoms with Gasteiger partial charge in [0.2, 0.25) is 11.1 Å². The summed E-state index contributed by atoms with van der Waals surface area (Å²) in [7, 11) is 0. The van der Waals surface area contributed by atoms with Crippen LogP contribution in [0.15, 0.2) is 58.6 Å². The van der Waals surface area contributed by atoms with E-state index in [1.165, 1.54) is 28.0 Å². The Kier molecular flexibility index (Phi) is 6.15. The molecule has 3 aromatic rings. The Labute approximate surface area is 185 Å². The smallest absolute Gasteiger partial charge is 0.222 e. The number of aliphatic imine (C=N–C) groups is 1. The molecule has 1 aliphatic rings. The highest BCUT2D eigenvalue weighted by atomic mass is 32.2. The van der Waals surface area contributed by atoms with Crippen molar-refractivity contribution in [2.24, 2.45) is 10.1 Å². The van der Waals surface area contributed by atoms with Crippen molar-refractivity contribution in [3.05, 3.63) is 75.8 Å². The van der Waals surface area contributed by atoms with Crippen LogP contribution in [-0.4, -0.2) is 26.2 Å². The number of thioether (sulfide) groups is 1. The first-order valence-electron chi connectivity index (χ1n) is 9.73. The van der Waals surface area contributed by atoms with Gasteiger partial charge in [0.05, 0.1) is 11.6 Å². The van der Waals surface area contributed by atoms with Crippen LogP contribution >= 0.6 is 23.1 Å². The summed E-state index contributed by atoms with van der Waals surface area (Å²) in [6.45, 7) is 8.70. The van der Waals surface area contributed by atoms with Crippen LogP contribution in [0.5, 0.6) is 0 Å². The molecule has 0 fully saturated rings. The van der Waals surface area contributed by atoms with Gasteiger partial charge >= 0.3 is 0 Å². The number of rotatable bonds is 4. The van der Waals surface area contributed by atoms with Gasteiger partial charge < -0.3 is 0 Å². The normalized spacial score (nSPS) is 16.7. The maximum atomic E-state index is 4.89. The van der Waals surface area contributed by atoms with Gasteiger partial charge in [-0.3, -0.25) is 5.32 Å². The zero-order valence-corrected chi connectivity index (χ0v) is 19.1. The van der Waals surface area contributed by atoms with Crippen molar-refractivity contribution in [1.29, 1.82) is 0 Å². The van der Waals surface area contributed by atoms with E-state index >= 15 is 0 Å². The lowest BCUT2D eigenvalue weighted by molar-refractivity contribution is 0.435. The second kappa shape index (κ2) is 8.97. The Bertz CT molecular complexity index is 1070. The average Bonchev–Trinajstić information content (AvgIpc) is 3.32. The summed E-state index contributed by atoms with van der Waals surface area (Å²) in [6, 6.07) is 17.0. The van der Waals surface area contributed by atoms with Crippen LogP contribution < -0.4 is 5.32 Å². The quantitative estimate of drug-likeness (QED) is 0.431. The maximum absolute atomic E-state index is 4.89. The summed E-state index contributed by atoms with van der Waals surface area (Å²) in [6.07, 6.45) is 0. The number of hydrazone groups is 1. The SMILES string of the molecule is CC1=NN(C(=NCc2ccc(C)cc2)Nc2nnc(C)s2)C(c2ccc(C)cc2)S1. The molecule has 0 spiro atoms. The molecule has 0 radical (unpaired) electrons. The van der Waals surface area contributed by atoms with Crippen molar-refractivity contribution < 1.29 is 0 Å². The second-order valence-electron chi connectivity index (χ2n) is 7.22. The fraction of sp³-hybridized carbons (Fsp3) is 0.273. The molecule has 4 rings (SSSR count). The lowest BCUT2D eigenvalue weighted by Gasteiger charge is -2.24. The van der Waals surface area contributed by atoms with E-state index in [0.717, 1.165) is 15.6 Å². The van der Waals surface area contributed by atoms with Crippen molar-refractivity contribution in [3.8, 4) is 0 Å². The first kappa shape index (κ1) is 20.6. The number of hydrogen-bond donors (Lipinski definition) is 1. The number of benzene rings is 2. The van der Waals surface area contributed by atoms with Crippen molar-refractivity contribution in [1.82, 2.24) is 15.2 Å². The summed E-state index contributed by atoms with van der Waals surface area (Å²) >= 11 is 3.22. The van der Waals surface area contributed by atoms with Crippen molar-refractivity contribution in [2.75, 3.05) is 5.32 Å². The van der Waals surface area contributed by atoms with E-state index in [1.807, 2.05) is 18.9 Å². The van der Waals surface area contributed by atoms with E-state index in [-0.39, 0.29) is 5.37 Å². The molecule has 0 saturated heterocycles. The minimum absolute atomic E-state index is 0.0175. The zero-order valence-electron chi connectivity index (χ0n) is 17.5. The van der Waals surface area contributed by atoms with Crippen LogP contribution in [0.1, 0.15) is 39.6 Å². The number of guanidine groups is 1. The van der Waals surface area contributed by atoms with Gasteiger partial charge in [0.1, 0.15) is 10.4 Å². The number of nitrogens with zero attached hydrogens (tertiary/aromatic N) is 5. The Morgan fingerprint density at radius 1 is 0.967 bits per heavy atom. The number of aryl methyl sites for hydroxylation is 3. The standard InChI is InChI=1S/C22H24N6S2/c1-14-5-9-18(10-6-14)13-23-21(24-22-26-25-16(3)30-22)28-20(29-17(4)27-28)19-11-7-15(2)8-12-19/h5-12,20H,13H2,1-4H3,(H,23,24,26). The van der Waals surface area contributed by atoms with E-state index in [2.05, 4.69) is 77.9 Å². The summed E-state index contributed by atoms with van der Waals surface area (Å²) in [5.41, 5.74) is 4.81. The molecule has 1 unspecified atom stereocenters. The molecule has 154 valence electrons. The zero-order chi connectivity index (χ0) is 21.1. The molecule has 1 aromatic heterocycles. The molecule has 30 heavy (non-hydrogen) atoms. The highest BCUT2D eigenvalue weighted by Gasteiger charge is 2.31. The first-order valence-corrected chi connectivity index (χ1v) is 11.4. The van der Waals surface area contributed by atoms with Crippen LogP contribution in [-0.2, 0) is 6.54 Å². The Morgan fingerprint density at radius 2 is 1.63 bits per heavy atom. The molecule has 8 heteroatoms. The third-order valence-corrected chi connectivity index (χ3v) is 6.48. The fourth-order valence-electron chi connectivity index (χ4n) is 3.01. The number of aromatic nitrogens is 2. The third-order valence-electron chi connectivity index (χ3n) is 4.61. The molecule has 0 aliphatic carbocycles. The predicted octanol–water partition coefficient (Wildman–Crippen LogP) is 5.51. The monoisotopic (exact) mass is 436 g/mol. The van der Waals surface area contributed by atoms with Gasteiger partial charge in [-0.15, -0.1) is 10.2 Å². The summed E-state index contributed by atoms with van der Waals surface area (Å²) < 4.78 is 0. The van der Waals surface area contributed by atoms with Gasteiger partial charge in [0, 0.05) is 0 Å². The van der Waals surface area contributed by atoms with E-state index in [9.17, 15) is 0 Å². The molecular weight excluding hydrogens is 412 g/mol. The number of nitrogens with one attached hydrogen (secondary N) is 1. The van der Waals surface area contributed by atoms with E-state index in [4.69, 9.17) is 10.1 Å². The molecule has 1 N–H and O–H groups in total. The number of hydrogen-bond acceptors (Lipinski definition) is 6. The molecule has 0 bridgehead atoms. The third kappa shape index (κ3) is 4.88. The molecule has 1 aliphatic heterocycles. The highest BCUT2D eigenvalue weighted by Crippen LogP contribution is 2.39. The molecule has 0 saturated carbocycles. The van der Waals surface area contributed by atoms with E-state index < -0.39 is 0 Å². The summed E-state index contributed by atoms with van der Waals surface area (Å²) in [5, 5.41) is 21.0. The van der Waals surface area contributed by atoms with Gasteiger partial charge in [-0.05, 0) is 38.8 Å². The Hall–Kier alpha value is -2.71. The minimum atomic E-state index is 0.0175. The summed E-state index contributed by atoms with van der Waals surface area (Å²) in [4.78, 5) is 4.89. The predicted molar refractivity (Wildman–Crippen MR) is 127 cm³/mol. The second-order valence-corrected chi connectivity index (χ2v) is 9.68. The topological polar surface area (TPSA) is 65.8 Å². The van der Waals surface area contributed by atoms with Crippen molar-refractivity contribution in [2.45, 2.75) is 39.6 Å². The highest BCUT2D eigenvalue weighted by molar-refractivity contribution is 8.14. The van der Waals surface area contributed by atoms with Crippen molar-refractivity contribution >= 4 is 39.2 Å². The maximum Gasteiger partial charge on any atom is 0.222 e. The lowest BCUT2D eigenvalue weighted by Crippen LogP contribution is -2.32. The average molecular weight is 437 g/mol. The number of anilines is 1. The first-order chi connectivity index (χ1) is 14.5. The van der Waals surface area contributed by atoms with Gasteiger partial charge in [0.25, 0.3) is 0 Å². The molecule has 2 aromatic carbocycles. The summed E-state index contributed by atoms with van der Waals surface area (Å²) in [5.74, 6) is 0.668. The Balaban J connectivity index is 1.66. The van der Waals surface area contributed by atoms with Crippen LogP contribution in [0.2, 0.25) is 0 Å². The molecule has 2 heterocycles. The van der Waals surface area contributed by atoms with Gasteiger partial charge in [-0.1, -0.05) is 82.8 Å². The van der Waals surface area contributed by atoms with Crippen LogP contribution in [0.4, 0.5) is 5.13 Å². The van der Waals surface area contributed by atoms with Crippen LogP contribution in [0, 0.1) is 20.8 Å². The molecule has 6 nitrogen and oxygen atoms in total. The van der Waals surface area contributed by atoms with Gasteiger partial charge in [-0.25, -0.2) is 10.0 Å². The van der Waals surface area contributed by atoms with Crippen LogP contribution in [0.3, 0.4) is 0 Å². The Morgan fingerprint density at radius 3 is 2.27 bits per heavy atom. The van der Waals surface area contributed by atoms with E-state index in [1.54, 1.807) is 11.8 Å². The van der Waals surface area contributed by atoms with Gasteiger partial charge in [-0.2, -0.15) is 5.10 Å². The van der Waals surface area contributed by atoms with Crippen molar-refractivity contribution in [3.63, 3.8) is 0 Å². The fourth-order valence-corrected chi connectivity index (χ4v) is 4.59.